The van der Waals surface area contributed by atoms with Crippen molar-refractivity contribution in [3.8, 4) is 0 Å². The summed E-state index contributed by atoms with van der Waals surface area (Å²) in [6, 6.07) is 14.2. The van der Waals surface area contributed by atoms with Crippen LogP contribution >= 0.6 is 23.2 Å². The Hall–Kier alpha value is -1.79. The lowest BCUT2D eigenvalue weighted by Crippen LogP contribution is -2.62. The second kappa shape index (κ2) is 9.15. The van der Waals surface area contributed by atoms with Gasteiger partial charge in [0.2, 0.25) is 0 Å². The monoisotopic (exact) mass is 446 g/mol. The number of amidine groups is 1. The van der Waals surface area contributed by atoms with E-state index in [0.29, 0.717) is 29.7 Å². The maximum atomic E-state index is 6.40. The number of ether oxygens (including phenoxy) is 1. The molecule has 7 heteroatoms. The zero-order valence-corrected chi connectivity index (χ0v) is 19.0. The highest BCUT2D eigenvalue weighted by Gasteiger charge is 2.45. The Morgan fingerprint density at radius 3 is 2.50 bits per heavy atom. The molecular weight excluding hydrogens is 419 g/mol. The predicted octanol–water partition coefficient (Wildman–Crippen LogP) is 4.93. The number of nitrogens with zero attached hydrogens (tertiary/aromatic N) is 3. The first kappa shape index (κ1) is 21.4. The fourth-order valence-corrected chi connectivity index (χ4v) is 4.61. The summed E-state index contributed by atoms with van der Waals surface area (Å²) in [6.45, 7) is 3.95. The summed E-state index contributed by atoms with van der Waals surface area (Å²) >= 11 is 12.8. The number of fused-ring (bicyclic) bond motifs is 1. The van der Waals surface area contributed by atoms with E-state index in [1.807, 2.05) is 18.2 Å². The number of anilines is 2. The van der Waals surface area contributed by atoms with Crippen molar-refractivity contribution in [2.45, 2.75) is 24.9 Å². The Morgan fingerprint density at radius 2 is 1.80 bits per heavy atom. The summed E-state index contributed by atoms with van der Waals surface area (Å²) < 4.78 is 5.43. The van der Waals surface area contributed by atoms with Crippen LogP contribution in [0, 0.1) is 0 Å². The minimum atomic E-state index is -0.237. The van der Waals surface area contributed by atoms with E-state index in [0.717, 1.165) is 43.1 Å². The fraction of sp³-hybridized carbons (Fsp3) is 0.435. The number of benzene rings is 2. The van der Waals surface area contributed by atoms with Crippen LogP contribution in [0.25, 0.3) is 0 Å². The Kier molecular flexibility index (Phi) is 6.54. The number of hydrogen-bond acceptors (Lipinski definition) is 4. The SMILES string of the molecule is COCCN1/C(=N/Cc2ccccc2)C2(CCN(C)CC2)Nc2cc(Cl)c(Cl)cc21. The first-order valence-electron chi connectivity index (χ1n) is 10.3. The predicted molar refractivity (Wildman–Crippen MR) is 126 cm³/mol. The average Bonchev–Trinajstić information content (AvgIpc) is 2.75. The number of likely N-dealkylation sites (tertiary alicyclic amines) is 1. The molecule has 30 heavy (non-hydrogen) atoms. The fourth-order valence-electron chi connectivity index (χ4n) is 4.29. The smallest absolute Gasteiger partial charge is 0.130 e. The molecule has 1 saturated heterocycles. The van der Waals surface area contributed by atoms with Gasteiger partial charge in [0.05, 0.1) is 40.1 Å². The molecule has 0 radical (unpaired) electrons. The van der Waals surface area contributed by atoms with E-state index in [9.17, 15) is 0 Å². The molecule has 1 N–H and O–H groups in total. The molecule has 0 amide bonds. The minimum Gasteiger partial charge on any atom is -0.383 e. The third kappa shape index (κ3) is 4.30. The second-order valence-corrected chi connectivity index (χ2v) is 8.88. The molecule has 160 valence electrons. The van der Waals surface area contributed by atoms with Crippen molar-refractivity contribution in [1.82, 2.24) is 4.90 Å². The molecule has 2 aliphatic heterocycles. The lowest BCUT2D eigenvalue weighted by Gasteiger charge is -2.50. The quantitative estimate of drug-likeness (QED) is 0.706. The number of aliphatic imine (C=N–C) groups is 1. The molecule has 2 heterocycles. The maximum Gasteiger partial charge on any atom is 0.130 e. The Labute approximate surface area is 188 Å². The molecule has 2 aromatic carbocycles. The molecule has 0 aromatic heterocycles. The molecule has 1 fully saturated rings. The Bertz CT molecular complexity index is 911. The van der Waals surface area contributed by atoms with Gasteiger partial charge in [-0.25, -0.2) is 0 Å². The van der Waals surface area contributed by atoms with Crippen molar-refractivity contribution in [3.05, 3.63) is 58.1 Å². The highest BCUT2D eigenvalue weighted by molar-refractivity contribution is 6.42. The van der Waals surface area contributed by atoms with Crippen molar-refractivity contribution in [2.24, 2.45) is 4.99 Å². The number of nitrogens with one attached hydrogen (secondary N) is 1. The normalized spacial score (nSPS) is 19.7. The Balaban J connectivity index is 1.80. The van der Waals surface area contributed by atoms with Crippen LogP contribution in [-0.4, -0.2) is 56.7 Å². The van der Waals surface area contributed by atoms with Gasteiger partial charge in [-0.1, -0.05) is 53.5 Å². The first-order chi connectivity index (χ1) is 14.5. The van der Waals surface area contributed by atoms with Crippen LogP contribution in [0.2, 0.25) is 10.0 Å². The summed E-state index contributed by atoms with van der Waals surface area (Å²) in [5.41, 5.74) is 2.96. The van der Waals surface area contributed by atoms with Crippen molar-refractivity contribution in [3.63, 3.8) is 0 Å². The van der Waals surface area contributed by atoms with Crippen LogP contribution in [0.5, 0.6) is 0 Å². The van der Waals surface area contributed by atoms with Gasteiger partial charge in [-0.3, -0.25) is 4.99 Å². The van der Waals surface area contributed by atoms with Gasteiger partial charge >= 0.3 is 0 Å². The summed E-state index contributed by atoms with van der Waals surface area (Å²) in [5.74, 6) is 1.06. The highest BCUT2D eigenvalue weighted by atomic mass is 35.5. The lowest BCUT2D eigenvalue weighted by atomic mass is 9.83. The first-order valence-corrected chi connectivity index (χ1v) is 11.1. The van der Waals surface area contributed by atoms with Crippen LogP contribution < -0.4 is 10.2 Å². The zero-order chi connectivity index (χ0) is 21.1. The van der Waals surface area contributed by atoms with Crippen LogP contribution in [-0.2, 0) is 11.3 Å². The van der Waals surface area contributed by atoms with Crippen molar-refractivity contribution in [1.29, 1.82) is 0 Å². The maximum absolute atomic E-state index is 6.40. The van der Waals surface area contributed by atoms with E-state index in [1.54, 1.807) is 7.11 Å². The van der Waals surface area contributed by atoms with Gasteiger partial charge in [0.1, 0.15) is 5.84 Å². The van der Waals surface area contributed by atoms with Gasteiger partial charge in [-0.05, 0) is 37.6 Å². The lowest BCUT2D eigenvalue weighted by molar-refractivity contribution is 0.206. The van der Waals surface area contributed by atoms with Crippen LogP contribution in [0.1, 0.15) is 18.4 Å². The summed E-state index contributed by atoms with van der Waals surface area (Å²) in [5, 5.41) is 4.91. The van der Waals surface area contributed by atoms with Gasteiger partial charge in [0, 0.05) is 26.7 Å². The molecule has 0 bridgehead atoms. The topological polar surface area (TPSA) is 40.1 Å². The summed E-state index contributed by atoms with van der Waals surface area (Å²) in [7, 11) is 3.90. The van der Waals surface area contributed by atoms with E-state index in [-0.39, 0.29) is 5.54 Å². The van der Waals surface area contributed by atoms with Crippen molar-refractivity contribution >= 4 is 40.4 Å². The van der Waals surface area contributed by atoms with E-state index in [2.05, 4.69) is 46.4 Å². The number of piperidine rings is 1. The molecular formula is C23H28Cl2N4O. The minimum absolute atomic E-state index is 0.237. The van der Waals surface area contributed by atoms with Gasteiger partial charge in [0.15, 0.2) is 0 Å². The molecule has 2 aliphatic rings. The molecule has 0 aliphatic carbocycles. The third-order valence-electron chi connectivity index (χ3n) is 6.00. The van der Waals surface area contributed by atoms with Gasteiger partial charge in [-0.2, -0.15) is 0 Å². The highest BCUT2D eigenvalue weighted by Crippen LogP contribution is 2.44. The molecule has 0 atom stereocenters. The van der Waals surface area contributed by atoms with E-state index in [4.69, 9.17) is 32.9 Å². The molecule has 5 nitrogen and oxygen atoms in total. The van der Waals surface area contributed by atoms with Crippen LogP contribution in [0.15, 0.2) is 47.5 Å². The number of methoxy groups -OCH3 is 1. The van der Waals surface area contributed by atoms with Crippen molar-refractivity contribution < 1.29 is 4.74 Å². The molecule has 0 saturated carbocycles. The standard InChI is InChI=1S/C23H28Cl2N4O/c1-28-10-8-23(9-11-28)22(26-16-17-6-4-3-5-7-17)29(12-13-30-2)21-15-19(25)18(24)14-20(21)27-23/h3-7,14-15,27H,8-13,16H2,1-2H3/b26-22+. The summed E-state index contributed by atoms with van der Waals surface area (Å²) in [6.07, 6.45) is 1.95. The van der Waals surface area contributed by atoms with Gasteiger partial charge in [0.25, 0.3) is 0 Å². The zero-order valence-electron chi connectivity index (χ0n) is 17.5. The van der Waals surface area contributed by atoms with Gasteiger partial charge in [-0.15, -0.1) is 0 Å². The number of rotatable bonds is 5. The van der Waals surface area contributed by atoms with Gasteiger partial charge < -0.3 is 19.9 Å². The Morgan fingerprint density at radius 1 is 1.10 bits per heavy atom. The van der Waals surface area contributed by atoms with E-state index < -0.39 is 0 Å². The van der Waals surface area contributed by atoms with Crippen LogP contribution in [0.3, 0.4) is 0 Å². The molecule has 1 spiro atoms. The van der Waals surface area contributed by atoms with Crippen molar-refractivity contribution in [2.75, 3.05) is 50.6 Å². The number of halogens is 2. The second-order valence-electron chi connectivity index (χ2n) is 8.06. The number of hydrogen-bond donors (Lipinski definition) is 1. The molecule has 0 unspecified atom stereocenters. The van der Waals surface area contributed by atoms with E-state index in [1.165, 1.54) is 5.56 Å². The largest absolute Gasteiger partial charge is 0.383 e. The molecule has 4 rings (SSSR count). The molecule has 2 aromatic rings. The average molecular weight is 447 g/mol. The van der Waals surface area contributed by atoms with E-state index >= 15 is 0 Å². The summed E-state index contributed by atoms with van der Waals surface area (Å²) in [4.78, 5) is 9.81. The third-order valence-corrected chi connectivity index (χ3v) is 6.72. The van der Waals surface area contributed by atoms with Crippen LogP contribution in [0.4, 0.5) is 11.4 Å².